The first-order valence-electron chi connectivity index (χ1n) is 5.74. The molecular weight excluding hydrogens is 226 g/mol. The van der Waals surface area contributed by atoms with E-state index in [1.165, 1.54) is 12.1 Å². The largest absolute Gasteiger partial charge is 0.508 e. The van der Waals surface area contributed by atoms with Crippen LogP contribution in [0.15, 0.2) is 42.5 Å². The van der Waals surface area contributed by atoms with Crippen LogP contribution >= 0.6 is 0 Å². The van der Waals surface area contributed by atoms with Gasteiger partial charge in [0.25, 0.3) is 5.91 Å². The van der Waals surface area contributed by atoms with E-state index in [0.717, 1.165) is 16.8 Å². The summed E-state index contributed by atoms with van der Waals surface area (Å²) in [7, 11) is 0. The number of carbonyl (C=O) groups excluding carboxylic acids is 1. The highest BCUT2D eigenvalue weighted by Crippen LogP contribution is 2.18. The molecule has 0 unspecified atom stereocenters. The van der Waals surface area contributed by atoms with E-state index in [1.54, 1.807) is 12.1 Å². The van der Waals surface area contributed by atoms with E-state index in [1.807, 2.05) is 32.0 Å². The molecular formula is C15H15NO2. The van der Waals surface area contributed by atoms with E-state index >= 15 is 0 Å². The van der Waals surface area contributed by atoms with Gasteiger partial charge in [-0.25, -0.2) is 0 Å². The van der Waals surface area contributed by atoms with Gasteiger partial charge in [0.2, 0.25) is 0 Å². The van der Waals surface area contributed by atoms with Gasteiger partial charge in [-0.2, -0.15) is 0 Å². The second kappa shape index (κ2) is 4.92. The summed E-state index contributed by atoms with van der Waals surface area (Å²) in [6, 6.07) is 12.1. The van der Waals surface area contributed by atoms with Gasteiger partial charge in [0, 0.05) is 11.3 Å². The van der Waals surface area contributed by atoms with Crippen molar-refractivity contribution in [3.63, 3.8) is 0 Å². The molecule has 0 saturated heterocycles. The lowest BCUT2D eigenvalue weighted by molar-refractivity contribution is 0.102. The maximum absolute atomic E-state index is 12.0. The van der Waals surface area contributed by atoms with Crippen LogP contribution in [0.1, 0.15) is 21.5 Å². The molecule has 3 heteroatoms. The topological polar surface area (TPSA) is 49.3 Å². The zero-order chi connectivity index (χ0) is 13.1. The molecule has 0 spiro atoms. The quantitative estimate of drug-likeness (QED) is 0.847. The first kappa shape index (κ1) is 12.2. The molecule has 0 aliphatic carbocycles. The normalized spacial score (nSPS) is 10.1. The van der Waals surface area contributed by atoms with Crippen LogP contribution in [-0.4, -0.2) is 11.0 Å². The number of aromatic hydroxyl groups is 1. The second-order valence-electron chi connectivity index (χ2n) is 4.32. The van der Waals surface area contributed by atoms with Gasteiger partial charge in [-0.3, -0.25) is 4.79 Å². The fourth-order valence-corrected chi connectivity index (χ4v) is 1.68. The molecule has 2 N–H and O–H groups in total. The van der Waals surface area contributed by atoms with Gasteiger partial charge in [-0.05, 0) is 55.3 Å². The highest BCUT2D eigenvalue weighted by Gasteiger charge is 2.07. The first-order chi connectivity index (χ1) is 8.56. The lowest BCUT2D eigenvalue weighted by Crippen LogP contribution is -2.12. The monoisotopic (exact) mass is 241 g/mol. The fourth-order valence-electron chi connectivity index (χ4n) is 1.68. The molecule has 0 fully saturated rings. The van der Waals surface area contributed by atoms with Gasteiger partial charge in [0.05, 0.1) is 0 Å². The van der Waals surface area contributed by atoms with Gasteiger partial charge in [0.1, 0.15) is 5.75 Å². The van der Waals surface area contributed by atoms with Gasteiger partial charge < -0.3 is 10.4 Å². The van der Waals surface area contributed by atoms with Crippen LogP contribution in [0.3, 0.4) is 0 Å². The Kier molecular flexibility index (Phi) is 3.33. The summed E-state index contributed by atoms with van der Waals surface area (Å²) in [6.07, 6.45) is 0. The molecule has 0 aromatic heterocycles. The average Bonchev–Trinajstić information content (AvgIpc) is 2.34. The van der Waals surface area contributed by atoms with Crippen molar-refractivity contribution in [2.75, 3.05) is 5.32 Å². The number of hydrogen-bond donors (Lipinski definition) is 2. The third-order valence-corrected chi connectivity index (χ3v) is 2.77. The second-order valence-corrected chi connectivity index (χ2v) is 4.32. The predicted octanol–water partition coefficient (Wildman–Crippen LogP) is 3.26. The Morgan fingerprint density at radius 1 is 1.06 bits per heavy atom. The Morgan fingerprint density at radius 2 is 1.72 bits per heavy atom. The Morgan fingerprint density at radius 3 is 2.39 bits per heavy atom. The molecule has 3 nitrogen and oxygen atoms in total. The highest BCUT2D eigenvalue weighted by molar-refractivity contribution is 6.04. The van der Waals surface area contributed by atoms with Crippen LogP contribution < -0.4 is 5.32 Å². The van der Waals surface area contributed by atoms with E-state index in [0.29, 0.717) is 5.56 Å². The number of carbonyl (C=O) groups is 1. The summed E-state index contributed by atoms with van der Waals surface area (Å²) in [6.45, 7) is 3.93. The molecule has 0 bridgehead atoms. The zero-order valence-electron chi connectivity index (χ0n) is 10.4. The lowest BCUT2D eigenvalue weighted by atomic mass is 10.1. The maximum Gasteiger partial charge on any atom is 0.255 e. The van der Waals surface area contributed by atoms with Crippen molar-refractivity contribution in [3.05, 3.63) is 59.2 Å². The third-order valence-electron chi connectivity index (χ3n) is 2.77. The molecule has 0 aliphatic heterocycles. The third kappa shape index (κ3) is 2.69. The molecule has 0 radical (unpaired) electrons. The van der Waals surface area contributed by atoms with E-state index in [-0.39, 0.29) is 11.7 Å². The number of nitrogens with one attached hydrogen (secondary N) is 1. The van der Waals surface area contributed by atoms with Crippen molar-refractivity contribution in [3.8, 4) is 5.75 Å². The van der Waals surface area contributed by atoms with E-state index in [2.05, 4.69) is 5.32 Å². The van der Waals surface area contributed by atoms with E-state index in [4.69, 9.17) is 0 Å². The van der Waals surface area contributed by atoms with Gasteiger partial charge >= 0.3 is 0 Å². The SMILES string of the molecule is Cc1ccc(C)c(NC(=O)c2ccc(O)cc2)c1. The van der Waals surface area contributed by atoms with Crippen LogP contribution in [0, 0.1) is 13.8 Å². The fraction of sp³-hybridized carbons (Fsp3) is 0.133. The number of phenols is 1. The minimum absolute atomic E-state index is 0.151. The molecule has 18 heavy (non-hydrogen) atoms. The molecule has 0 aliphatic rings. The number of benzene rings is 2. The van der Waals surface area contributed by atoms with Gasteiger partial charge in [-0.15, -0.1) is 0 Å². The molecule has 92 valence electrons. The Balaban J connectivity index is 2.21. The Labute approximate surface area is 106 Å². The molecule has 0 atom stereocenters. The van der Waals surface area contributed by atoms with Crippen molar-refractivity contribution >= 4 is 11.6 Å². The molecule has 0 heterocycles. The highest BCUT2D eigenvalue weighted by atomic mass is 16.3. The van der Waals surface area contributed by atoms with Gasteiger partial charge in [0.15, 0.2) is 0 Å². The predicted molar refractivity (Wildman–Crippen MR) is 72.0 cm³/mol. The van der Waals surface area contributed by atoms with Crippen molar-refractivity contribution < 1.29 is 9.90 Å². The Bertz CT molecular complexity index is 574. The Hall–Kier alpha value is -2.29. The van der Waals surface area contributed by atoms with Crippen LogP contribution in [0.25, 0.3) is 0 Å². The summed E-state index contributed by atoms with van der Waals surface area (Å²) in [5, 5.41) is 12.0. The van der Waals surface area contributed by atoms with Crippen LogP contribution in [0.4, 0.5) is 5.69 Å². The van der Waals surface area contributed by atoms with Crippen molar-refractivity contribution in [2.45, 2.75) is 13.8 Å². The van der Waals surface area contributed by atoms with Crippen molar-refractivity contribution in [2.24, 2.45) is 0 Å². The number of rotatable bonds is 2. The van der Waals surface area contributed by atoms with Gasteiger partial charge in [-0.1, -0.05) is 12.1 Å². The van der Waals surface area contributed by atoms with E-state index < -0.39 is 0 Å². The summed E-state index contributed by atoms with van der Waals surface area (Å²) in [5.74, 6) is -0.0259. The molecule has 1 amide bonds. The number of aryl methyl sites for hydroxylation is 2. The van der Waals surface area contributed by atoms with Crippen molar-refractivity contribution in [1.82, 2.24) is 0 Å². The summed E-state index contributed by atoms with van der Waals surface area (Å²) < 4.78 is 0. The van der Waals surface area contributed by atoms with Crippen LogP contribution in [0.5, 0.6) is 5.75 Å². The number of anilines is 1. The van der Waals surface area contributed by atoms with E-state index in [9.17, 15) is 9.90 Å². The number of amides is 1. The molecule has 2 aromatic carbocycles. The average molecular weight is 241 g/mol. The summed E-state index contributed by atoms with van der Waals surface area (Å²) >= 11 is 0. The standard InChI is InChI=1S/C15H15NO2/c1-10-3-4-11(2)14(9-10)16-15(18)12-5-7-13(17)8-6-12/h3-9,17H,1-2H3,(H,16,18). The first-order valence-corrected chi connectivity index (χ1v) is 5.74. The summed E-state index contributed by atoms with van der Waals surface area (Å²) in [4.78, 5) is 12.0. The number of phenolic OH excluding ortho intramolecular Hbond substituents is 1. The minimum Gasteiger partial charge on any atom is -0.508 e. The maximum atomic E-state index is 12.0. The van der Waals surface area contributed by atoms with Crippen LogP contribution in [0.2, 0.25) is 0 Å². The van der Waals surface area contributed by atoms with Crippen molar-refractivity contribution in [1.29, 1.82) is 0 Å². The molecule has 0 saturated carbocycles. The number of hydrogen-bond acceptors (Lipinski definition) is 2. The van der Waals surface area contributed by atoms with Crippen LogP contribution in [-0.2, 0) is 0 Å². The summed E-state index contributed by atoms with van der Waals surface area (Å²) in [5.41, 5.74) is 3.45. The minimum atomic E-state index is -0.177. The smallest absolute Gasteiger partial charge is 0.255 e. The lowest BCUT2D eigenvalue weighted by Gasteiger charge is -2.09. The zero-order valence-corrected chi connectivity index (χ0v) is 10.4. The molecule has 2 aromatic rings. The molecule has 2 rings (SSSR count).